The Kier molecular flexibility index (Phi) is 5.04. The van der Waals surface area contributed by atoms with Gasteiger partial charge in [-0.15, -0.1) is 0 Å². The van der Waals surface area contributed by atoms with Gasteiger partial charge in [-0.05, 0) is 28.1 Å². The summed E-state index contributed by atoms with van der Waals surface area (Å²) in [6.07, 6.45) is -10.5. The van der Waals surface area contributed by atoms with Crippen LogP contribution in [0, 0.1) is 22.7 Å². The van der Waals surface area contributed by atoms with E-state index >= 15 is 0 Å². The molecule has 4 nitrogen and oxygen atoms in total. The van der Waals surface area contributed by atoms with Crippen molar-refractivity contribution in [2.24, 2.45) is 5.10 Å². The minimum absolute atomic E-state index is 0.183. The fourth-order valence-corrected chi connectivity index (χ4v) is 1.75. The first-order valence-electron chi connectivity index (χ1n) is 5.12. The van der Waals surface area contributed by atoms with Gasteiger partial charge in [-0.3, -0.25) is 5.43 Å². The summed E-state index contributed by atoms with van der Waals surface area (Å²) in [6, 6.07) is 3.08. The van der Waals surface area contributed by atoms with Gasteiger partial charge in [-0.1, -0.05) is 0 Å². The summed E-state index contributed by atoms with van der Waals surface area (Å²) in [5, 5.41) is 20.0. The molecule has 0 bridgehead atoms. The molecule has 22 heavy (non-hydrogen) atoms. The molecular formula is C11H3BrF6N4. The molecule has 11 heteroatoms. The molecule has 0 aliphatic heterocycles. The summed E-state index contributed by atoms with van der Waals surface area (Å²) in [7, 11) is 0. The van der Waals surface area contributed by atoms with Crippen LogP contribution in [-0.2, 0) is 12.4 Å². The van der Waals surface area contributed by atoms with Gasteiger partial charge in [0.1, 0.15) is 12.1 Å². The van der Waals surface area contributed by atoms with Crippen molar-refractivity contribution in [2.75, 3.05) is 5.43 Å². The summed E-state index contributed by atoms with van der Waals surface area (Å²) in [6.45, 7) is 0. The van der Waals surface area contributed by atoms with Crippen molar-refractivity contribution < 1.29 is 26.3 Å². The zero-order valence-corrected chi connectivity index (χ0v) is 11.7. The molecule has 0 amide bonds. The Bertz CT molecular complexity index is 677. The molecule has 1 aromatic rings. The van der Waals surface area contributed by atoms with E-state index in [0.717, 1.165) is 0 Å². The van der Waals surface area contributed by atoms with E-state index in [1.165, 1.54) is 12.1 Å². The highest BCUT2D eigenvalue weighted by atomic mass is 79.9. The number of nitrogens with zero attached hydrogens (tertiary/aromatic N) is 3. The zero-order valence-electron chi connectivity index (χ0n) is 10.1. The maximum Gasteiger partial charge on any atom is 0.417 e. The Morgan fingerprint density at radius 1 is 1.00 bits per heavy atom. The molecule has 0 saturated heterocycles. The van der Waals surface area contributed by atoms with Crippen LogP contribution >= 0.6 is 15.9 Å². The van der Waals surface area contributed by atoms with Gasteiger partial charge >= 0.3 is 12.4 Å². The van der Waals surface area contributed by atoms with Crippen molar-refractivity contribution >= 4 is 27.3 Å². The van der Waals surface area contributed by atoms with E-state index in [-0.39, 0.29) is 16.6 Å². The molecule has 0 aliphatic rings. The summed E-state index contributed by atoms with van der Waals surface area (Å²) >= 11 is 2.67. The minimum Gasteiger partial charge on any atom is -0.275 e. The van der Waals surface area contributed by atoms with Crippen LogP contribution in [-0.4, -0.2) is 5.71 Å². The van der Waals surface area contributed by atoms with Crippen LogP contribution in [0.1, 0.15) is 11.1 Å². The molecule has 1 aromatic carbocycles. The third kappa shape index (κ3) is 4.11. The maximum absolute atomic E-state index is 12.7. The smallest absolute Gasteiger partial charge is 0.275 e. The largest absolute Gasteiger partial charge is 0.417 e. The first kappa shape index (κ1) is 17.8. The second kappa shape index (κ2) is 6.23. The molecule has 0 unspecified atom stereocenters. The van der Waals surface area contributed by atoms with Crippen LogP contribution in [0.25, 0.3) is 0 Å². The monoisotopic (exact) mass is 384 g/mol. The number of halogens is 7. The Balaban J connectivity index is 3.44. The van der Waals surface area contributed by atoms with Gasteiger partial charge < -0.3 is 0 Å². The number of nitrogens with one attached hydrogen (secondary N) is 1. The van der Waals surface area contributed by atoms with E-state index in [4.69, 9.17) is 10.5 Å². The van der Waals surface area contributed by atoms with Crippen LogP contribution < -0.4 is 5.43 Å². The van der Waals surface area contributed by atoms with Crippen LogP contribution in [0.4, 0.5) is 32.0 Å². The lowest BCUT2D eigenvalue weighted by atomic mass is 10.1. The Labute approximate surface area is 127 Å². The number of hydrogen-bond donors (Lipinski definition) is 1. The third-order valence-corrected chi connectivity index (χ3v) is 2.87. The molecule has 0 fully saturated rings. The van der Waals surface area contributed by atoms with Crippen molar-refractivity contribution in [2.45, 2.75) is 12.4 Å². The Hall–Kier alpha value is -2.27. The van der Waals surface area contributed by atoms with Crippen molar-refractivity contribution in [3.63, 3.8) is 0 Å². The SMILES string of the molecule is N#CC(C#N)=NNc1cc(C(F)(F)F)c(C(F)(F)F)cc1Br. The van der Waals surface area contributed by atoms with E-state index < -0.39 is 34.9 Å². The van der Waals surface area contributed by atoms with Gasteiger partial charge in [0.15, 0.2) is 0 Å². The van der Waals surface area contributed by atoms with Crippen molar-refractivity contribution in [1.82, 2.24) is 0 Å². The van der Waals surface area contributed by atoms with Crippen molar-refractivity contribution in [3.05, 3.63) is 27.7 Å². The first-order chi connectivity index (χ1) is 10.0. The van der Waals surface area contributed by atoms with E-state index in [9.17, 15) is 26.3 Å². The van der Waals surface area contributed by atoms with Gasteiger partial charge in [0.25, 0.3) is 0 Å². The van der Waals surface area contributed by atoms with Gasteiger partial charge in [-0.25, -0.2) is 0 Å². The van der Waals surface area contributed by atoms with Crippen LogP contribution in [0.15, 0.2) is 21.7 Å². The predicted octanol–water partition coefficient (Wildman–Crippen LogP) is 4.30. The van der Waals surface area contributed by atoms with E-state index in [2.05, 4.69) is 21.0 Å². The number of hydrazone groups is 1. The minimum atomic E-state index is -5.25. The highest BCUT2D eigenvalue weighted by Gasteiger charge is 2.43. The maximum atomic E-state index is 12.7. The molecule has 0 heterocycles. The summed E-state index contributed by atoms with van der Waals surface area (Å²) in [5.74, 6) is 0. The Morgan fingerprint density at radius 3 is 1.86 bits per heavy atom. The number of hydrogen-bond acceptors (Lipinski definition) is 4. The molecular weight excluding hydrogens is 382 g/mol. The normalized spacial score (nSPS) is 11.3. The quantitative estimate of drug-likeness (QED) is 0.469. The Morgan fingerprint density at radius 2 is 1.45 bits per heavy atom. The molecule has 0 saturated carbocycles. The lowest BCUT2D eigenvalue weighted by Gasteiger charge is -2.17. The number of rotatable bonds is 2. The fraction of sp³-hybridized carbons (Fsp3) is 0.182. The van der Waals surface area contributed by atoms with Crippen molar-refractivity contribution in [1.29, 1.82) is 10.5 Å². The van der Waals surface area contributed by atoms with Gasteiger partial charge in [-0.2, -0.15) is 42.0 Å². The predicted molar refractivity (Wildman–Crippen MR) is 66.4 cm³/mol. The first-order valence-corrected chi connectivity index (χ1v) is 5.92. The lowest BCUT2D eigenvalue weighted by Crippen LogP contribution is -2.17. The standard InChI is InChI=1S/C11H3BrF6N4/c12-8-1-6(10(13,14)15)7(11(16,17)18)2-9(8)22-21-5(3-19)4-20/h1-2,22H. The molecule has 0 spiro atoms. The topological polar surface area (TPSA) is 72.0 Å². The van der Waals surface area contributed by atoms with Crippen LogP contribution in [0.3, 0.4) is 0 Å². The van der Waals surface area contributed by atoms with Gasteiger partial charge in [0.05, 0.1) is 16.8 Å². The number of alkyl halides is 6. The number of benzene rings is 1. The average Bonchev–Trinajstić information content (AvgIpc) is 2.38. The second-order valence-corrected chi connectivity index (χ2v) is 4.52. The molecule has 0 aliphatic carbocycles. The molecule has 1 rings (SSSR count). The van der Waals surface area contributed by atoms with Crippen LogP contribution in [0.2, 0.25) is 0 Å². The molecule has 116 valence electrons. The summed E-state index contributed by atoms with van der Waals surface area (Å²) in [5.41, 5.74) is -3.05. The van der Waals surface area contributed by atoms with Gasteiger partial charge in [0.2, 0.25) is 5.71 Å². The summed E-state index contributed by atoms with van der Waals surface area (Å²) in [4.78, 5) is 0. The zero-order chi connectivity index (χ0) is 17.1. The second-order valence-electron chi connectivity index (χ2n) is 3.67. The molecule has 0 radical (unpaired) electrons. The van der Waals surface area contributed by atoms with Crippen LogP contribution in [0.5, 0.6) is 0 Å². The fourth-order valence-electron chi connectivity index (χ4n) is 1.32. The van der Waals surface area contributed by atoms with E-state index in [1.807, 2.05) is 5.43 Å². The van der Waals surface area contributed by atoms with Gasteiger partial charge in [0, 0.05) is 4.47 Å². The molecule has 0 aromatic heterocycles. The number of anilines is 1. The van der Waals surface area contributed by atoms with E-state index in [0.29, 0.717) is 0 Å². The van der Waals surface area contributed by atoms with Crippen molar-refractivity contribution in [3.8, 4) is 12.1 Å². The molecule has 1 N–H and O–H groups in total. The summed E-state index contributed by atoms with van der Waals surface area (Å²) < 4.78 is 75.8. The van der Waals surface area contributed by atoms with E-state index in [1.54, 1.807) is 0 Å². The number of nitriles is 2. The lowest BCUT2D eigenvalue weighted by molar-refractivity contribution is -0.162. The third-order valence-electron chi connectivity index (χ3n) is 2.22. The highest BCUT2D eigenvalue weighted by Crippen LogP contribution is 2.43. The molecule has 0 atom stereocenters. The average molecular weight is 385 g/mol. The highest BCUT2D eigenvalue weighted by molar-refractivity contribution is 9.10.